The molecule has 1 fully saturated rings. The third-order valence-electron chi connectivity index (χ3n) is 4.19. The van der Waals surface area contributed by atoms with Crippen LogP contribution in [0, 0.1) is 11.3 Å². The summed E-state index contributed by atoms with van der Waals surface area (Å²) in [5.74, 6) is 0.317. The molecule has 1 aromatic heterocycles. The van der Waals surface area contributed by atoms with E-state index in [1.807, 2.05) is 6.07 Å². The zero-order chi connectivity index (χ0) is 18.5. The van der Waals surface area contributed by atoms with Crippen LogP contribution in [-0.2, 0) is 0 Å². The summed E-state index contributed by atoms with van der Waals surface area (Å²) >= 11 is 12.5. The Labute approximate surface area is 161 Å². The van der Waals surface area contributed by atoms with Crippen LogP contribution in [0.15, 0.2) is 36.8 Å². The largest absolute Gasteiger partial charge is 0.489 e. The summed E-state index contributed by atoms with van der Waals surface area (Å²) in [5, 5.41) is 11.9. The lowest BCUT2D eigenvalue weighted by atomic mass is 9.92. The molecule has 3 rings (SSSR count). The van der Waals surface area contributed by atoms with Crippen LogP contribution in [0.25, 0.3) is 0 Å². The van der Waals surface area contributed by atoms with E-state index in [1.54, 1.807) is 18.2 Å². The third kappa shape index (κ3) is 4.43. The molecular formula is C18H16Cl2N4O2. The van der Waals surface area contributed by atoms with Gasteiger partial charge in [-0.15, -0.1) is 11.6 Å². The smallest absolute Gasteiger partial charge is 0.271 e. The lowest BCUT2D eigenvalue weighted by molar-refractivity contribution is 0.0892. The van der Waals surface area contributed by atoms with Crippen molar-refractivity contribution < 1.29 is 9.53 Å². The highest BCUT2D eigenvalue weighted by molar-refractivity contribution is 6.31. The number of nitrogens with one attached hydrogen (secondary N) is 1. The van der Waals surface area contributed by atoms with Crippen LogP contribution in [-0.4, -0.2) is 33.4 Å². The number of rotatable bonds is 4. The van der Waals surface area contributed by atoms with Crippen LogP contribution >= 0.6 is 23.2 Å². The van der Waals surface area contributed by atoms with Gasteiger partial charge in [-0.25, -0.2) is 4.98 Å². The molecule has 3 unspecified atom stereocenters. The number of benzene rings is 1. The van der Waals surface area contributed by atoms with Gasteiger partial charge in [0.05, 0.1) is 22.2 Å². The molecule has 1 aliphatic rings. The highest BCUT2D eigenvalue weighted by Crippen LogP contribution is 2.30. The molecule has 1 heterocycles. The summed E-state index contributed by atoms with van der Waals surface area (Å²) in [4.78, 5) is 20.0. The highest BCUT2D eigenvalue weighted by Gasteiger charge is 2.31. The van der Waals surface area contributed by atoms with Gasteiger partial charge in [-0.1, -0.05) is 11.6 Å². The summed E-state index contributed by atoms with van der Waals surface area (Å²) in [6, 6.07) is 6.90. The van der Waals surface area contributed by atoms with Crippen LogP contribution in [0.1, 0.15) is 35.3 Å². The van der Waals surface area contributed by atoms with Crippen molar-refractivity contribution in [3.63, 3.8) is 0 Å². The number of carbonyl (C=O) groups is 1. The minimum atomic E-state index is -0.259. The molecule has 0 aliphatic heterocycles. The number of carbonyl (C=O) groups excluding carboxylic acids is 1. The van der Waals surface area contributed by atoms with Crippen molar-refractivity contribution in [2.75, 3.05) is 0 Å². The molecule has 0 spiro atoms. The lowest BCUT2D eigenvalue weighted by Gasteiger charge is -2.33. The van der Waals surface area contributed by atoms with Crippen molar-refractivity contribution in [2.45, 2.75) is 36.8 Å². The minimum Gasteiger partial charge on any atom is -0.489 e. The van der Waals surface area contributed by atoms with E-state index < -0.39 is 0 Å². The Balaban J connectivity index is 1.56. The molecule has 1 amide bonds. The number of hydrogen-bond acceptors (Lipinski definition) is 5. The van der Waals surface area contributed by atoms with Crippen molar-refractivity contribution in [3.8, 4) is 11.8 Å². The van der Waals surface area contributed by atoms with Crippen molar-refractivity contribution >= 4 is 29.1 Å². The zero-order valence-electron chi connectivity index (χ0n) is 13.7. The Bertz CT molecular complexity index is 826. The molecular weight excluding hydrogens is 375 g/mol. The second-order valence-electron chi connectivity index (χ2n) is 6.00. The summed E-state index contributed by atoms with van der Waals surface area (Å²) in [6.45, 7) is 0. The van der Waals surface area contributed by atoms with Crippen LogP contribution in [0.4, 0.5) is 0 Å². The Morgan fingerprint density at radius 2 is 2.19 bits per heavy atom. The molecule has 3 atom stereocenters. The Kier molecular flexibility index (Phi) is 5.92. The molecule has 6 nitrogen and oxygen atoms in total. The second-order valence-corrected chi connectivity index (χ2v) is 6.97. The van der Waals surface area contributed by atoms with Crippen LogP contribution in [0.3, 0.4) is 0 Å². The Morgan fingerprint density at radius 1 is 1.35 bits per heavy atom. The van der Waals surface area contributed by atoms with E-state index in [0.29, 0.717) is 29.2 Å². The fourth-order valence-corrected chi connectivity index (χ4v) is 3.47. The number of nitrogens with zero attached hydrogens (tertiary/aromatic N) is 3. The average molecular weight is 391 g/mol. The van der Waals surface area contributed by atoms with Crippen molar-refractivity contribution in [3.05, 3.63) is 53.1 Å². The van der Waals surface area contributed by atoms with Gasteiger partial charge >= 0.3 is 0 Å². The quantitative estimate of drug-likeness (QED) is 0.808. The number of alkyl halides is 1. The number of nitriles is 1. The van der Waals surface area contributed by atoms with E-state index in [4.69, 9.17) is 33.2 Å². The van der Waals surface area contributed by atoms with Crippen LogP contribution < -0.4 is 10.1 Å². The molecule has 1 saturated carbocycles. The van der Waals surface area contributed by atoms with E-state index in [1.165, 1.54) is 18.6 Å². The fraction of sp³-hybridized carbons (Fsp3) is 0.333. The number of hydrogen-bond donors (Lipinski definition) is 1. The summed E-state index contributed by atoms with van der Waals surface area (Å²) < 4.78 is 5.92. The monoisotopic (exact) mass is 390 g/mol. The first-order chi connectivity index (χ1) is 12.6. The number of amides is 1. The maximum absolute atomic E-state index is 12.2. The van der Waals surface area contributed by atoms with Crippen molar-refractivity contribution in [1.29, 1.82) is 5.26 Å². The van der Waals surface area contributed by atoms with Crippen LogP contribution in [0.2, 0.25) is 5.02 Å². The van der Waals surface area contributed by atoms with Gasteiger partial charge in [0.15, 0.2) is 0 Å². The van der Waals surface area contributed by atoms with Crippen molar-refractivity contribution in [1.82, 2.24) is 15.3 Å². The molecule has 1 N–H and O–H groups in total. The molecule has 1 aliphatic carbocycles. The number of ether oxygens (including phenoxy) is 1. The molecule has 1 aromatic carbocycles. The summed E-state index contributed by atoms with van der Waals surface area (Å²) in [7, 11) is 0. The number of halogens is 2. The molecule has 0 bridgehead atoms. The molecule has 0 saturated heterocycles. The van der Waals surface area contributed by atoms with Gasteiger partial charge in [0.2, 0.25) is 0 Å². The van der Waals surface area contributed by atoms with Gasteiger partial charge in [0, 0.05) is 24.5 Å². The maximum Gasteiger partial charge on any atom is 0.271 e. The summed E-state index contributed by atoms with van der Waals surface area (Å²) in [6.07, 6.45) is 6.25. The van der Waals surface area contributed by atoms with E-state index in [-0.39, 0.29) is 29.1 Å². The zero-order valence-corrected chi connectivity index (χ0v) is 15.2. The number of aromatic nitrogens is 2. The average Bonchev–Trinajstić information content (AvgIpc) is 2.65. The lowest BCUT2D eigenvalue weighted by Crippen LogP contribution is -2.45. The van der Waals surface area contributed by atoms with Gasteiger partial charge in [0.1, 0.15) is 23.6 Å². The second kappa shape index (κ2) is 8.35. The standard InChI is InChI=1S/C18H16Cl2N4O2/c19-14-8-13(3-1-11(14)9-21)26-17-4-2-12(7-15(17)20)24-18(25)16-10-22-5-6-23-16/h1,3,5-6,8,10,12,15,17H,2,4,7H2,(H,24,25). The molecule has 0 radical (unpaired) electrons. The molecule has 26 heavy (non-hydrogen) atoms. The minimum absolute atomic E-state index is 0.0450. The molecule has 8 heteroatoms. The normalized spacial score (nSPS) is 22.3. The van der Waals surface area contributed by atoms with E-state index >= 15 is 0 Å². The predicted molar refractivity (Wildman–Crippen MR) is 97.4 cm³/mol. The first kappa shape index (κ1) is 18.4. The highest BCUT2D eigenvalue weighted by atomic mass is 35.5. The SMILES string of the molecule is N#Cc1ccc(OC2CCC(NC(=O)c3cnccn3)CC2Cl)cc1Cl. The Morgan fingerprint density at radius 3 is 2.85 bits per heavy atom. The first-order valence-corrected chi connectivity index (χ1v) is 8.95. The van der Waals surface area contributed by atoms with E-state index in [9.17, 15) is 4.79 Å². The van der Waals surface area contributed by atoms with Gasteiger partial charge in [-0.05, 0) is 31.4 Å². The predicted octanol–water partition coefficient (Wildman–Crippen LogP) is 3.34. The molecule has 134 valence electrons. The van der Waals surface area contributed by atoms with Gasteiger partial charge in [-0.3, -0.25) is 9.78 Å². The summed E-state index contributed by atoms with van der Waals surface area (Å²) in [5.41, 5.74) is 0.682. The van der Waals surface area contributed by atoms with E-state index in [0.717, 1.165) is 6.42 Å². The van der Waals surface area contributed by atoms with E-state index in [2.05, 4.69) is 15.3 Å². The van der Waals surface area contributed by atoms with Crippen LogP contribution in [0.5, 0.6) is 5.75 Å². The van der Waals surface area contributed by atoms with Gasteiger partial charge in [-0.2, -0.15) is 5.26 Å². The first-order valence-electron chi connectivity index (χ1n) is 8.14. The molecule has 2 aromatic rings. The fourth-order valence-electron chi connectivity index (χ4n) is 2.86. The van der Waals surface area contributed by atoms with Gasteiger partial charge in [0.25, 0.3) is 5.91 Å². The van der Waals surface area contributed by atoms with Gasteiger partial charge < -0.3 is 10.1 Å². The third-order valence-corrected chi connectivity index (χ3v) is 4.96. The topological polar surface area (TPSA) is 87.9 Å². The Hall–Kier alpha value is -2.36. The van der Waals surface area contributed by atoms with Crippen molar-refractivity contribution in [2.24, 2.45) is 0 Å². The maximum atomic E-state index is 12.2.